The van der Waals surface area contributed by atoms with E-state index < -0.39 is 6.10 Å². The third-order valence-electron chi connectivity index (χ3n) is 4.21. The van der Waals surface area contributed by atoms with Crippen LogP contribution in [-0.4, -0.2) is 28.0 Å². The van der Waals surface area contributed by atoms with Crippen LogP contribution in [0, 0.1) is 0 Å². The minimum atomic E-state index is -0.684. The molecule has 0 saturated carbocycles. The second kappa shape index (κ2) is 9.76. The van der Waals surface area contributed by atoms with E-state index in [0.29, 0.717) is 18.4 Å². The largest absolute Gasteiger partial charge is 0.508 e. The molecule has 0 aromatic heterocycles. The first-order chi connectivity index (χ1) is 12.5. The van der Waals surface area contributed by atoms with Crippen molar-refractivity contribution in [2.45, 2.75) is 25.9 Å². The average Bonchev–Trinajstić information content (AvgIpc) is 2.63. The number of phenols is 1. The highest BCUT2D eigenvalue weighted by Crippen LogP contribution is 2.27. The standard InChI is InChI=1S/C23H26O3/c1-17(2)22(13-14-24)23(26)12-11-20(19-8-4-3-5-9-19)15-18-7-6-10-21(25)16-18/h3-10,13,15-16,23-26H,1,11-12,14H2,2H3/b20-15-,22-13-. The van der Waals surface area contributed by atoms with E-state index in [2.05, 4.69) is 6.58 Å². The molecule has 0 aliphatic rings. The van der Waals surface area contributed by atoms with E-state index in [4.69, 9.17) is 5.11 Å². The van der Waals surface area contributed by atoms with E-state index in [-0.39, 0.29) is 12.4 Å². The summed E-state index contributed by atoms with van der Waals surface area (Å²) in [5.41, 5.74) is 4.48. The van der Waals surface area contributed by atoms with Crippen LogP contribution in [0.15, 0.2) is 78.4 Å². The third kappa shape index (κ3) is 5.73. The van der Waals surface area contributed by atoms with Gasteiger partial charge in [0.15, 0.2) is 0 Å². The van der Waals surface area contributed by atoms with Crippen LogP contribution in [0.5, 0.6) is 5.75 Å². The summed E-state index contributed by atoms with van der Waals surface area (Å²) in [6, 6.07) is 17.1. The SMILES string of the molecule is C=C(C)/C(=C/CO)C(O)CC/C(=C/c1cccc(O)c1)c1ccccc1. The number of aliphatic hydroxyl groups is 2. The first kappa shape index (κ1) is 19.7. The van der Waals surface area contributed by atoms with Crippen LogP contribution >= 0.6 is 0 Å². The Kier molecular flexibility index (Phi) is 7.39. The van der Waals surface area contributed by atoms with Gasteiger partial charge in [-0.05, 0) is 54.2 Å². The van der Waals surface area contributed by atoms with Crippen molar-refractivity contribution in [3.63, 3.8) is 0 Å². The molecule has 0 radical (unpaired) electrons. The van der Waals surface area contributed by atoms with Crippen LogP contribution in [0.3, 0.4) is 0 Å². The summed E-state index contributed by atoms with van der Waals surface area (Å²) in [6.45, 7) is 5.58. The second-order valence-electron chi connectivity index (χ2n) is 6.31. The van der Waals surface area contributed by atoms with Crippen LogP contribution < -0.4 is 0 Å². The Morgan fingerprint density at radius 1 is 1.12 bits per heavy atom. The van der Waals surface area contributed by atoms with Crippen molar-refractivity contribution in [2.75, 3.05) is 6.61 Å². The van der Waals surface area contributed by atoms with E-state index in [1.165, 1.54) is 0 Å². The molecule has 26 heavy (non-hydrogen) atoms. The highest BCUT2D eigenvalue weighted by Gasteiger charge is 2.13. The average molecular weight is 350 g/mol. The lowest BCUT2D eigenvalue weighted by atomic mass is 9.93. The lowest BCUT2D eigenvalue weighted by Crippen LogP contribution is -2.12. The predicted octanol–water partition coefficient (Wildman–Crippen LogP) is 4.57. The van der Waals surface area contributed by atoms with Gasteiger partial charge in [0.25, 0.3) is 0 Å². The predicted molar refractivity (Wildman–Crippen MR) is 108 cm³/mol. The van der Waals surface area contributed by atoms with E-state index >= 15 is 0 Å². The molecule has 0 fully saturated rings. The van der Waals surface area contributed by atoms with Crippen molar-refractivity contribution in [2.24, 2.45) is 0 Å². The van der Waals surface area contributed by atoms with Gasteiger partial charge in [0, 0.05) is 0 Å². The topological polar surface area (TPSA) is 60.7 Å². The Morgan fingerprint density at radius 2 is 1.85 bits per heavy atom. The Labute approximate surface area is 155 Å². The second-order valence-corrected chi connectivity index (χ2v) is 6.31. The maximum Gasteiger partial charge on any atom is 0.116 e. The third-order valence-corrected chi connectivity index (χ3v) is 4.21. The molecule has 3 heteroatoms. The highest BCUT2D eigenvalue weighted by molar-refractivity contribution is 5.81. The minimum Gasteiger partial charge on any atom is -0.508 e. The van der Waals surface area contributed by atoms with Gasteiger partial charge in [-0.15, -0.1) is 0 Å². The Balaban J connectivity index is 2.25. The fraction of sp³-hybridized carbons (Fsp3) is 0.217. The van der Waals surface area contributed by atoms with Crippen LogP contribution in [0.2, 0.25) is 0 Å². The van der Waals surface area contributed by atoms with Crippen molar-refractivity contribution < 1.29 is 15.3 Å². The molecule has 136 valence electrons. The van der Waals surface area contributed by atoms with Gasteiger partial charge < -0.3 is 15.3 Å². The zero-order chi connectivity index (χ0) is 18.9. The number of allylic oxidation sites excluding steroid dienone is 1. The molecule has 0 saturated heterocycles. The molecule has 0 heterocycles. The van der Waals surface area contributed by atoms with Gasteiger partial charge in [0.2, 0.25) is 0 Å². The lowest BCUT2D eigenvalue weighted by molar-refractivity contribution is 0.203. The van der Waals surface area contributed by atoms with Crippen molar-refractivity contribution in [3.8, 4) is 5.75 Å². The summed E-state index contributed by atoms with van der Waals surface area (Å²) in [7, 11) is 0. The fourth-order valence-corrected chi connectivity index (χ4v) is 2.91. The molecule has 3 N–H and O–H groups in total. The summed E-state index contributed by atoms with van der Waals surface area (Å²) < 4.78 is 0. The van der Waals surface area contributed by atoms with Gasteiger partial charge >= 0.3 is 0 Å². The fourth-order valence-electron chi connectivity index (χ4n) is 2.91. The first-order valence-electron chi connectivity index (χ1n) is 8.71. The zero-order valence-corrected chi connectivity index (χ0v) is 15.1. The van der Waals surface area contributed by atoms with Gasteiger partial charge in [-0.1, -0.05) is 66.8 Å². The molecule has 0 amide bonds. The van der Waals surface area contributed by atoms with Crippen LogP contribution in [0.1, 0.15) is 30.9 Å². The van der Waals surface area contributed by atoms with Gasteiger partial charge in [-0.2, -0.15) is 0 Å². The number of rotatable bonds is 8. The van der Waals surface area contributed by atoms with E-state index in [0.717, 1.165) is 22.3 Å². The van der Waals surface area contributed by atoms with Gasteiger partial charge in [0.05, 0.1) is 12.7 Å². The smallest absolute Gasteiger partial charge is 0.116 e. The maximum atomic E-state index is 10.5. The van der Waals surface area contributed by atoms with Crippen molar-refractivity contribution >= 4 is 11.6 Å². The normalized spacial score (nSPS) is 13.5. The molecule has 2 rings (SSSR count). The quantitative estimate of drug-likeness (QED) is 0.483. The molecule has 2 aromatic carbocycles. The Hall–Kier alpha value is -2.62. The van der Waals surface area contributed by atoms with E-state index in [1.54, 1.807) is 18.2 Å². The van der Waals surface area contributed by atoms with Crippen molar-refractivity contribution in [1.82, 2.24) is 0 Å². The number of aromatic hydroxyl groups is 1. The number of phenolic OH excluding ortho intramolecular Hbond substituents is 1. The molecule has 2 aromatic rings. The minimum absolute atomic E-state index is 0.121. The maximum absolute atomic E-state index is 10.5. The van der Waals surface area contributed by atoms with Gasteiger partial charge in [0.1, 0.15) is 5.75 Å². The van der Waals surface area contributed by atoms with Gasteiger partial charge in [-0.3, -0.25) is 0 Å². The molecule has 0 spiro atoms. The molecular weight excluding hydrogens is 324 g/mol. The molecule has 0 bridgehead atoms. The van der Waals surface area contributed by atoms with Crippen LogP contribution in [-0.2, 0) is 0 Å². The molecular formula is C23H26O3. The molecule has 1 atom stereocenters. The van der Waals surface area contributed by atoms with Gasteiger partial charge in [-0.25, -0.2) is 0 Å². The zero-order valence-electron chi connectivity index (χ0n) is 15.1. The van der Waals surface area contributed by atoms with Crippen LogP contribution in [0.4, 0.5) is 0 Å². The summed E-state index contributed by atoms with van der Waals surface area (Å²) in [6.07, 6.45) is 4.11. The van der Waals surface area contributed by atoms with Crippen molar-refractivity contribution in [3.05, 3.63) is 89.5 Å². The summed E-state index contributed by atoms with van der Waals surface area (Å²) >= 11 is 0. The highest BCUT2D eigenvalue weighted by atomic mass is 16.3. The first-order valence-corrected chi connectivity index (χ1v) is 8.71. The van der Waals surface area contributed by atoms with E-state index in [1.807, 2.05) is 55.5 Å². The number of hydrogen-bond donors (Lipinski definition) is 3. The van der Waals surface area contributed by atoms with Crippen LogP contribution in [0.25, 0.3) is 11.6 Å². The summed E-state index contributed by atoms with van der Waals surface area (Å²) in [5.74, 6) is 0.224. The van der Waals surface area contributed by atoms with Crippen molar-refractivity contribution in [1.29, 1.82) is 0 Å². The number of aliphatic hydroxyl groups excluding tert-OH is 2. The number of benzene rings is 2. The number of hydrogen-bond acceptors (Lipinski definition) is 3. The molecule has 0 aliphatic heterocycles. The summed E-state index contributed by atoms with van der Waals surface area (Å²) in [5, 5.41) is 29.4. The van der Waals surface area contributed by atoms with E-state index in [9.17, 15) is 10.2 Å². The Morgan fingerprint density at radius 3 is 2.46 bits per heavy atom. The summed E-state index contributed by atoms with van der Waals surface area (Å²) in [4.78, 5) is 0. The molecule has 3 nitrogen and oxygen atoms in total. The monoisotopic (exact) mass is 350 g/mol. The Bertz CT molecular complexity index is 788. The molecule has 1 unspecified atom stereocenters. The lowest BCUT2D eigenvalue weighted by Gasteiger charge is -2.17. The molecule has 0 aliphatic carbocycles.